The van der Waals surface area contributed by atoms with E-state index in [2.05, 4.69) is 38.5 Å². The van der Waals surface area contributed by atoms with Gasteiger partial charge in [0.05, 0.1) is 25.3 Å². The number of amides is 3. The molecule has 0 saturated carbocycles. The molecule has 1 heterocycles. The van der Waals surface area contributed by atoms with Crippen molar-refractivity contribution in [2.75, 3.05) is 12.3 Å². The summed E-state index contributed by atoms with van der Waals surface area (Å²) in [5.41, 5.74) is 6.31. The lowest BCUT2D eigenvalue weighted by molar-refractivity contribution is -0.142. The number of imidazole rings is 1. The fraction of sp³-hybridized carbons (Fsp3) is 0.467. The van der Waals surface area contributed by atoms with Gasteiger partial charge in [-0.25, -0.2) is 9.78 Å². The average Bonchev–Trinajstić information content (AvgIpc) is 3.15. The predicted octanol–water partition coefficient (Wildman–Crippen LogP) is -3.15. The number of rotatable bonds is 12. The van der Waals surface area contributed by atoms with Crippen LogP contribution in [0.15, 0.2) is 12.5 Å². The molecule has 3 unspecified atom stereocenters. The third-order valence-corrected chi connectivity index (χ3v) is 3.95. The molecule has 0 aliphatic rings. The maximum Gasteiger partial charge on any atom is 0.327 e. The number of carboxylic acid groups (broad SMARTS) is 2. The van der Waals surface area contributed by atoms with Gasteiger partial charge in [-0.1, -0.05) is 0 Å². The van der Waals surface area contributed by atoms with Gasteiger partial charge in [0.2, 0.25) is 17.7 Å². The molecule has 3 atom stereocenters. The van der Waals surface area contributed by atoms with E-state index in [1.165, 1.54) is 12.5 Å². The van der Waals surface area contributed by atoms with Gasteiger partial charge in [0, 0.05) is 24.1 Å². The number of carbonyl (C=O) groups excluding carboxylic acids is 3. The summed E-state index contributed by atoms with van der Waals surface area (Å²) in [6.07, 6.45) is 2.19. The number of aliphatic carboxylic acids is 2. The normalized spacial score (nSPS) is 13.6. The number of hydrogen-bond acceptors (Lipinski definition) is 8. The molecule has 3 amide bonds. The second-order valence-electron chi connectivity index (χ2n) is 5.91. The number of H-pyrrole nitrogens is 1. The van der Waals surface area contributed by atoms with Crippen LogP contribution in [0.5, 0.6) is 0 Å². The summed E-state index contributed by atoms with van der Waals surface area (Å²) in [7, 11) is 0. The van der Waals surface area contributed by atoms with E-state index in [-0.39, 0.29) is 12.2 Å². The van der Waals surface area contributed by atoms with Crippen LogP contribution < -0.4 is 21.7 Å². The van der Waals surface area contributed by atoms with Crippen molar-refractivity contribution in [1.82, 2.24) is 25.9 Å². The number of nitrogens with one attached hydrogen (secondary N) is 4. The van der Waals surface area contributed by atoms with Crippen LogP contribution in [0.2, 0.25) is 0 Å². The number of nitrogens with zero attached hydrogens (tertiary/aromatic N) is 1. The molecule has 29 heavy (non-hydrogen) atoms. The molecule has 0 bridgehead atoms. The molecule has 13 nitrogen and oxygen atoms in total. The first-order valence-corrected chi connectivity index (χ1v) is 8.93. The highest BCUT2D eigenvalue weighted by Crippen LogP contribution is 1.99. The van der Waals surface area contributed by atoms with E-state index in [9.17, 15) is 24.0 Å². The molecule has 0 saturated heterocycles. The van der Waals surface area contributed by atoms with E-state index < -0.39 is 60.8 Å². The second kappa shape index (κ2) is 11.7. The molecule has 0 fully saturated rings. The first-order chi connectivity index (χ1) is 13.6. The Morgan fingerprint density at radius 2 is 1.83 bits per heavy atom. The van der Waals surface area contributed by atoms with E-state index in [0.29, 0.717) is 5.69 Å². The van der Waals surface area contributed by atoms with E-state index in [0.717, 1.165) is 0 Å². The standard InChI is InChI=1S/C15H22N6O7S/c16-8(1-7-3-17-6-19-7)13(25)21-9(2-12(23)24)14(26)18-4-11(22)20-10(5-29)15(27)28/h3,6,8-10,29H,1-2,4-5,16H2,(H,17,19)(H,18,26)(H,20,22)(H,21,25)(H,23,24)(H,27,28). The van der Waals surface area contributed by atoms with E-state index >= 15 is 0 Å². The Morgan fingerprint density at radius 1 is 1.14 bits per heavy atom. The van der Waals surface area contributed by atoms with Crippen LogP contribution >= 0.6 is 12.6 Å². The molecule has 1 aromatic rings. The number of aromatic amines is 1. The Kier molecular flexibility index (Phi) is 9.61. The molecule has 160 valence electrons. The minimum absolute atomic E-state index is 0.0793. The molecule has 0 radical (unpaired) electrons. The van der Waals surface area contributed by atoms with Gasteiger partial charge in [0.15, 0.2) is 0 Å². The van der Waals surface area contributed by atoms with Gasteiger partial charge >= 0.3 is 11.9 Å². The van der Waals surface area contributed by atoms with Crippen LogP contribution in [0.4, 0.5) is 0 Å². The predicted molar refractivity (Wildman–Crippen MR) is 101 cm³/mol. The van der Waals surface area contributed by atoms with Crippen LogP contribution in [0.25, 0.3) is 0 Å². The minimum Gasteiger partial charge on any atom is -0.481 e. The lowest BCUT2D eigenvalue weighted by atomic mass is 10.1. The van der Waals surface area contributed by atoms with E-state index in [1.807, 2.05) is 0 Å². The van der Waals surface area contributed by atoms with Gasteiger partial charge < -0.3 is 36.9 Å². The van der Waals surface area contributed by atoms with E-state index in [4.69, 9.17) is 15.9 Å². The van der Waals surface area contributed by atoms with Crippen molar-refractivity contribution in [3.8, 4) is 0 Å². The number of hydrogen-bond donors (Lipinski definition) is 8. The summed E-state index contributed by atoms with van der Waals surface area (Å²) in [6.45, 7) is -0.622. The van der Waals surface area contributed by atoms with E-state index in [1.54, 1.807) is 0 Å². The summed E-state index contributed by atoms with van der Waals surface area (Å²) in [5.74, 6) is -5.37. The van der Waals surface area contributed by atoms with Crippen molar-refractivity contribution in [3.05, 3.63) is 18.2 Å². The third-order valence-electron chi connectivity index (χ3n) is 3.58. The Morgan fingerprint density at radius 3 is 2.34 bits per heavy atom. The third kappa shape index (κ3) is 8.61. The fourth-order valence-corrected chi connectivity index (χ4v) is 2.36. The molecular weight excluding hydrogens is 408 g/mol. The highest BCUT2D eigenvalue weighted by Gasteiger charge is 2.27. The number of nitrogens with two attached hydrogens (primary N) is 1. The smallest absolute Gasteiger partial charge is 0.327 e. The fourth-order valence-electron chi connectivity index (χ4n) is 2.11. The topological polar surface area (TPSA) is 217 Å². The average molecular weight is 430 g/mol. The first kappa shape index (κ1) is 23.9. The summed E-state index contributed by atoms with van der Waals surface area (Å²) < 4.78 is 0. The summed E-state index contributed by atoms with van der Waals surface area (Å²) in [5, 5.41) is 24.3. The van der Waals surface area contributed by atoms with Crippen molar-refractivity contribution in [3.63, 3.8) is 0 Å². The van der Waals surface area contributed by atoms with Crippen molar-refractivity contribution in [1.29, 1.82) is 0 Å². The Labute approximate surface area is 170 Å². The highest BCUT2D eigenvalue weighted by molar-refractivity contribution is 7.80. The van der Waals surface area contributed by atoms with Crippen LogP contribution in [-0.2, 0) is 30.4 Å². The van der Waals surface area contributed by atoms with Crippen molar-refractivity contribution in [2.24, 2.45) is 5.73 Å². The van der Waals surface area contributed by atoms with Crippen molar-refractivity contribution in [2.45, 2.75) is 31.0 Å². The van der Waals surface area contributed by atoms with Gasteiger partial charge in [-0.3, -0.25) is 19.2 Å². The van der Waals surface area contributed by atoms with Crippen LogP contribution in [0.1, 0.15) is 12.1 Å². The molecule has 0 aromatic carbocycles. The zero-order valence-corrected chi connectivity index (χ0v) is 16.0. The maximum atomic E-state index is 12.2. The maximum absolute atomic E-state index is 12.2. The number of carbonyl (C=O) groups is 5. The highest BCUT2D eigenvalue weighted by atomic mass is 32.1. The molecule has 0 aliphatic heterocycles. The summed E-state index contributed by atoms with van der Waals surface area (Å²) >= 11 is 3.78. The molecule has 0 spiro atoms. The molecular formula is C15H22N6O7S. The van der Waals surface area contributed by atoms with Crippen molar-refractivity contribution >= 4 is 42.3 Å². The van der Waals surface area contributed by atoms with Crippen LogP contribution in [0, 0.1) is 0 Å². The van der Waals surface area contributed by atoms with Gasteiger partial charge in [-0.2, -0.15) is 12.6 Å². The second-order valence-corrected chi connectivity index (χ2v) is 6.27. The SMILES string of the molecule is NC(Cc1cnc[nH]1)C(=O)NC(CC(=O)O)C(=O)NCC(=O)NC(CS)C(=O)O. The molecule has 1 aromatic heterocycles. The first-order valence-electron chi connectivity index (χ1n) is 8.29. The Balaban J connectivity index is 2.62. The molecule has 8 N–H and O–H groups in total. The Bertz CT molecular complexity index is 742. The van der Waals surface area contributed by atoms with Gasteiger partial charge in [-0.15, -0.1) is 0 Å². The van der Waals surface area contributed by atoms with Gasteiger partial charge in [-0.05, 0) is 0 Å². The molecule has 1 rings (SSSR count). The Hall–Kier alpha value is -3.13. The summed E-state index contributed by atoms with van der Waals surface area (Å²) in [4.78, 5) is 64.4. The summed E-state index contributed by atoms with van der Waals surface area (Å²) in [6, 6.07) is -3.81. The van der Waals surface area contributed by atoms with Gasteiger partial charge in [0.1, 0.15) is 12.1 Å². The number of thiol groups is 1. The largest absolute Gasteiger partial charge is 0.481 e. The lowest BCUT2D eigenvalue weighted by Gasteiger charge is -2.19. The lowest BCUT2D eigenvalue weighted by Crippen LogP contribution is -2.54. The monoisotopic (exact) mass is 430 g/mol. The minimum atomic E-state index is -1.49. The molecule has 0 aliphatic carbocycles. The number of carboxylic acids is 2. The van der Waals surface area contributed by atoms with Gasteiger partial charge in [0.25, 0.3) is 0 Å². The van der Waals surface area contributed by atoms with Crippen LogP contribution in [-0.4, -0.2) is 80.3 Å². The van der Waals surface area contributed by atoms with Crippen LogP contribution in [0.3, 0.4) is 0 Å². The van der Waals surface area contributed by atoms with Crippen molar-refractivity contribution < 1.29 is 34.2 Å². The quantitative estimate of drug-likeness (QED) is 0.157. The molecule has 14 heteroatoms. The number of aromatic nitrogens is 2. The zero-order chi connectivity index (χ0) is 22.0. The zero-order valence-electron chi connectivity index (χ0n) is 15.1.